The molecule has 0 amide bonds. The lowest BCUT2D eigenvalue weighted by atomic mass is 9.70. The van der Waals surface area contributed by atoms with E-state index in [1.807, 2.05) is 13.8 Å². The SMILES string of the molecule is CC12CCC(C(S(=O)(=O)[O-])C1=O)C2(C)C.CCCCC(=O)C[S+](CCCC)CCCC. The molecule has 31 heavy (non-hydrogen) atoms. The van der Waals surface area contributed by atoms with Gasteiger partial charge in [-0.15, -0.1) is 0 Å². The Balaban J connectivity index is 0.000000310. The minimum Gasteiger partial charge on any atom is -0.747 e. The Hall–Kier alpha value is -0.400. The van der Waals surface area contributed by atoms with Crippen molar-refractivity contribution in [3.8, 4) is 0 Å². The lowest BCUT2D eigenvalue weighted by Crippen LogP contribution is -2.38. The van der Waals surface area contributed by atoms with Crippen molar-refractivity contribution in [2.45, 2.75) is 105 Å². The molecule has 2 aliphatic carbocycles. The third-order valence-electron chi connectivity index (χ3n) is 7.53. The molecule has 3 unspecified atom stereocenters. The summed E-state index contributed by atoms with van der Waals surface area (Å²) in [6.07, 6.45) is 9.54. The van der Waals surface area contributed by atoms with Crippen molar-refractivity contribution in [3.05, 3.63) is 0 Å². The Bertz CT molecular complexity index is 693. The normalized spacial score (nSPS) is 26.8. The van der Waals surface area contributed by atoms with E-state index in [0.717, 1.165) is 25.0 Å². The number of hydrogen-bond acceptors (Lipinski definition) is 5. The highest BCUT2D eigenvalue weighted by molar-refractivity contribution is 7.97. The van der Waals surface area contributed by atoms with Gasteiger partial charge in [-0.05, 0) is 54.3 Å². The Labute approximate surface area is 193 Å². The van der Waals surface area contributed by atoms with Gasteiger partial charge in [0.25, 0.3) is 0 Å². The molecule has 0 aliphatic heterocycles. The molecule has 0 N–H and O–H groups in total. The summed E-state index contributed by atoms with van der Waals surface area (Å²) in [5.74, 6) is 3.30. The summed E-state index contributed by atoms with van der Waals surface area (Å²) >= 11 is 0. The van der Waals surface area contributed by atoms with Crippen LogP contribution in [0.4, 0.5) is 0 Å². The number of fused-ring (bicyclic) bond motifs is 2. The topological polar surface area (TPSA) is 91.3 Å². The standard InChI is InChI=1S/C14H29OS.C10H16O4S/c1-4-7-10-14(15)13-16(11-8-5-2)12-9-6-3;1-9(2)6-4-5-10(9,3)8(11)7(6)15(12,13)14/h4-13H2,1-3H3;6-7H,4-5H2,1-3H3,(H,12,13,14)/q+1;/p-1. The minimum absolute atomic E-state index is 0.294. The first-order chi connectivity index (χ1) is 14.4. The predicted molar refractivity (Wildman–Crippen MR) is 129 cm³/mol. The number of carbonyl (C=O) groups excluding carboxylic acids is 2. The molecule has 5 nitrogen and oxygen atoms in total. The molecular formula is C24H44O5S2. The van der Waals surface area contributed by atoms with Crippen LogP contribution in [0.5, 0.6) is 0 Å². The fourth-order valence-electron chi connectivity index (χ4n) is 4.95. The number of hydrogen-bond donors (Lipinski definition) is 0. The van der Waals surface area contributed by atoms with Gasteiger partial charge in [0, 0.05) is 11.8 Å². The van der Waals surface area contributed by atoms with E-state index in [1.165, 1.54) is 37.2 Å². The molecule has 182 valence electrons. The van der Waals surface area contributed by atoms with E-state index < -0.39 is 20.8 Å². The monoisotopic (exact) mass is 476 g/mol. The zero-order valence-corrected chi connectivity index (χ0v) is 22.1. The maximum atomic E-state index is 12.0. The highest BCUT2D eigenvalue weighted by Gasteiger charge is 2.67. The number of Topliss-reactive ketones (excluding diaryl/α,β-unsaturated/α-hetero) is 2. The van der Waals surface area contributed by atoms with Gasteiger partial charge in [-0.1, -0.05) is 60.8 Å². The van der Waals surface area contributed by atoms with Crippen molar-refractivity contribution in [1.82, 2.24) is 0 Å². The Morgan fingerprint density at radius 2 is 1.55 bits per heavy atom. The predicted octanol–water partition coefficient (Wildman–Crippen LogP) is 4.89. The number of ketones is 2. The Kier molecular flexibility index (Phi) is 11.2. The second-order valence-corrected chi connectivity index (χ2v) is 13.8. The number of carbonyl (C=O) groups is 2. The first-order valence-corrected chi connectivity index (χ1v) is 15.2. The molecule has 2 fully saturated rings. The van der Waals surface area contributed by atoms with Crippen LogP contribution in [0, 0.1) is 16.7 Å². The molecule has 3 atom stereocenters. The fourth-order valence-corrected chi connectivity index (χ4v) is 8.84. The van der Waals surface area contributed by atoms with E-state index >= 15 is 0 Å². The molecule has 0 spiro atoms. The van der Waals surface area contributed by atoms with Crippen LogP contribution in [0.3, 0.4) is 0 Å². The molecule has 2 rings (SSSR count). The fraction of sp³-hybridized carbons (Fsp3) is 0.917. The van der Waals surface area contributed by atoms with Gasteiger partial charge in [-0.2, -0.15) is 0 Å². The average Bonchev–Trinajstić information content (AvgIpc) is 3.00. The molecule has 2 saturated carbocycles. The maximum Gasteiger partial charge on any atom is 0.181 e. The van der Waals surface area contributed by atoms with Crippen LogP contribution in [0.2, 0.25) is 0 Å². The van der Waals surface area contributed by atoms with Gasteiger partial charge in [0.05, 0.1) is 0 Å². The average molecular weight is 477 g/mol. The highest BCUT2D eigenvalue weighted by atomic mass is 32.2. The first-order valence-electron chi connectivity index (χ1n) is 12.0. The molecule has 0 aromatic heterocycles. The van der Waals surface area contributed by atoms with Crippen LogP contribution in [0.25, 0.3) is 0 Å². The molecule has 0 aromatic carbocycles. The molecule has 0 heterocycles. The van der Waals surface area contributed by atoms with Gasteiger partial charge in [-0.3, -0.25) is 9.59 Å². The van der Waals surface area contributed by atoms with E-state index in [2.05, 4.69) is 20.8 Å². The summed E-state index contributed by atoms with van der Waals surface area (Å²) in [5, 5.41) is -1.30. The number of unbranched alkanes of at least 4 members (excludes halogenated alkanes) is 3. The highest BCUT2D eigenvalue weighted by Crippen LogP contribution is 2.64. The summed E-state index contributed by atoms with van der Waals surface area (Å²) in [4.78, 5) is 23.7. The van der Waals surface area contributed by atoms with E-state index in [0.29, 0.717) is 29.5 Å². The van der Waals surface area contributed by atoms with Gasteiger partial charge in [0.1, 0.15) is 26.9 Å². The minimum atomic E-state index is -4.49. The van der Waals surface area contributed by atoms with Crippen LogP contribution >= 0.6 is 0 Å². The summed E-state index contributed by atoms with van der Waals surface area (Å²) in [6.45, 7) is 12.2. The summed E-state index contributed by atoms with van der Waals surface area (Å²) in [7, 11) is -4.10. The van der Waals surface area contributed by atoms with Crippen LogP contribution < -0.4 is 0 Å². The second-order valence-electron chi connectivity index (χ2n) is 9.99. The van der Waals surface area contributed by atoms with E-state index in [1.54, 1.807) is 6.92 Å². The van der Waals surface area contributed by atoms with Crippen molar-refractivity contribution in [3.63, 3.8) is 0 Å². The second kappa shape index (κ2) is 12.2. The smallest absolute Gasteiger partial charge is 0.181 e. The van der Waals surface area contributed by atoms with Crippen molar-refractivity contribution >= 4 is 32.6 Å². The Morgan fingerprint density at radius 1 is 1.03 bits per heavy atom. The third kappa shape index (κ3) is 7.04. The van der Waals surface area contributed by atoms with Gasteiger partial charge < -0.3 is 4.55 Å². The van der Waals surface area contributed by atoms with Crippen LogP contribution in [-0.2, 0) is 30.6 Å². The zero-order valence-electron chi connectivity index (χ0n) is 20.5. The molecule has 2 bridgehead atoms. The van der Waals surface area contributed by atoms with Crippen LogP contribution in [0.15, 0.2) is 0 Å². The van der Waals surface area contributed by atoms with Crippen LogP contribution in [-0.4, -0.2) is 47.0 Å². The molecule has 7 heteroatoms. The Morgan fingerprint density at radius 3 is 1.90 bits per heavy atom. The van der Waals surface area contributed by atoms with Crippen molar-refractivity contribution in [2.24, 2.45) is 16.7 Å². The van der Waals surface area contributed by atoms with Crippen molar-refractivity contribution in [1.29, 1.82) is 0 Å². The summed E-state index contributed by atoms with van der Waals surface area (Å²) in [5.41, 5.74) is -0.994. The van der Waals surface area contributed by atoms with E-state index in [9.17, 15) is 22.6 Å². The molecule has 2 aliphatic rings. The largest absolute Gasteiger partial charge is 0.747 e. The van der Waals surface area contributed by atoms with E-state index in [4.69, 9.17) is 0 Å². The van der Waals surface area contributed by atoms with Crippen LogP contribution in [0.1, 0.15) is 99.3 Å². The molecule has 0 aromatic rings. The lowest BCUT2D eigenvalue weighted by molar-refractivity contribution is -0.128. The summed E-state index contributed by atoms with van der Waals surface area (Å²) < 4.78 is 33.3. The van der Waals surface area contributed by atoms with Crippen molar-refractivity contribution in [2.75, 3.05) is 17.3 Å². The number of rotatable bonds is 12. The molecule has 0 saturated heterocycles. The zero-order chi connectivity index (χ0) is 23.9. The van der Waals surface area contributed by atoms with Crippen molar-refractivity contribution < 1.29 is 22.6 Å². The van der Waals surface area contributed by atoms with Gasteiger partial charge in [0.2, 0.25) is 0 Å². The van der Waals surface area contributed by atoms with E-state index in [-0.39, 0.29) is 17.1 Å². The molecular weight excluding hydrogens is 432 g/mol. The quantitative estimate of drug-likeness (QED) is 0.295. The third-order valence-corrected chi connectivity index (χ3v) is 11.2. The maximum absolute atomic E-state index is 12.0. The van der Waals surface area contributed by atoms with Gasteiger partial charge in [-0.25, -0.2) is 8.42 Å². The van der Waals surface area contributed by atoms with Gasteiger partial charge >= 0.3 is 0 Å². The van der Waals surface area contributed by atoms with Gasteiger partial charge in [0.15, 0.2) is 17.3 Å². The lowest BCUT2D eigenvalue weighted by Gasteiger charge is -2.32. The molecule has 0 radical (unpaired) electrons. The summed E-state index contributed by atoms with van der Waals surface area (Å²) in [6, 6.07) is 0. The first kappa shape index (κ1) is 28.6.